The number of hydrogen-bond donors (Lipinski definition) is 2. The number of halogens is 2. The quantitative estimate of drug-likeness (QED) is 0.509. The molecule has 2 aliphatic rings. The SMILES string of the molecule is CCNc1cc(F)c(F)c2c1Cc1ncc(-c3cncc(C#N)c3)c(N3CC[C@@H](N)C3)c1-2. The van der Waals surface area contributed by atoms with Crippen LogP contribution >= 0.6 is 0 Å². The lowest BCUT2D eigenvalue weighted by molar-refractivity contribution is 0.511. The molecule has 1 aliphatic carbocycles. The Bertz CT molecular complexity index is 1270. The van der Waals surface area contributed by atoms with Gasteiger partial charge in [-0.05, 0) is 25.0 Å². The number of nitrogens with zero attached hydrogens (tertiary/aromatic N) is 4. The summed E-state index contributed by atoms with van der Waals surface area (Å²) in [5.74, 6) is -1.76. The van der Waals surface area contributed by atoms with E-state index in [2.05, 4.69) is 26.3 Å². The van der Waals surface area contributed by atoms with Gasteiger partial charge in [0, 0.05) is 84.7 Å². The molecular formula is C24H22F2N6. The van der Waals surface area contributed by atoms with Gasteiger partial charge in [-0.15, -0.1) is 0 Å². The second-order valence-corrected chi connectivity index (χ2v) is 8.19. The lowest BCUT2D eigenvalue weighted by Gasteiger charge is -2.25. The van der Waals surface area contributed by atoms with E-state index in [-0.39, 0.29) is 11.6 Å². The van der Waals surface area contributed by atoms with E-state index in [4.69, 9.17) is 5.73 Å². The first kappa shape index (κ1) is 20.3. The largest absolute Gasteiger partial charge is 0.385 e. The van der Waals surface area contributed by atoms with Gasteiger partial charge in [0.15, 0.2) is 11.6 Å². The number of nitrogens with two attached hydrogens (primary N) is 1. The van der Waals surface area contributed by atoms with Crippen molar-refractivity contribution < 1.29 is 8.78 Å². The van der Waals surface area contributed by atoms with Crippen LogP contribution < -0.4 is 16.0 Å². The molecule has 1 fully saturated rings. The molecule has 162 valence electrons. The molecule has 5 rings (SSSR count). The Morgan fingerprint density at radius 2 is 2.09 bits per heavy atom. The van der Waals surface area contributed by atoms with Crippen LogP contribution in [0.1, 0.15) is 30.2 Å². The fourth-order valence-corrected chi connectivity index (χ4v) is 4.74. The molecular weight excluding hydrogens is 410 g/mol. The maximum atomic E-state index is 15.3. The van der Waals surface area contributed by atoms with Crippen molar-refractivity contribution in [2.24, 2.45) is 5.73 Å². The zero-order valence-corrected chi connectivity index (χ0v) is 17.6. The van der Waals surface area contributed by atoms with Crippen molar-refractivity contribution in [3.8, 4) is 28.3 Å². The van der Waals surface area contributed by atoms with E-state index in [1.165, 1.54) is 12.3 Å². The summed E-state index contributed by atoms with van der Waals surface area (Å²) in [6.45, 7) is 3.80. The Morgan fingerprint density at radius 1 is 1.25 bits per heavy atom. The Labute approximate surface area is 184 Å². The van der Waals surface area contributed by atoms with Gasteiger partial charge in [-0.2, -0.15) is 5.26 Å². The normalized spacial score (nSPS) is 16.6. The van der Waals surface area contributed by atoms with Crippen molar-refractivity contribution >= 4 is 11.4 Å². The predicted octanol–water partition coefficient (Wildman–Crippen LogP) is 3.83. The van der Waals surface area contributed by atoms with E-state index in [9.17, 15) is 9.65 Å². The first-order chi connectivity index (χ1) is 15.5. The number of aromatic nitrogens is 2. The molecule has 0 amide bonds. The minimum absolute atomic E-state index is 0.00854. The summed E-state index contributed by atoms with van der Waals surface area (Å²) in [4.78, 5) is 10.9. The van der Waals surface area contributed by atoms with Gasteiger partial charge in [-0.25, -0.2) is 8.78 Å². The zero-order valence-electron chi connectivity index (χ0n) is 17.6. The summed E-state index contributed by atoms with van der Waals surface area (Å²) in [7, 11) is 0. The minimum Gasteiger partial charge on any atom is -0.385 e. The van der Waals surface area contributed by atoms with Gasteiger partial charge < -0.3 is 16.0 Å². The molecule has 1 atom stereocenters. The van der Waals surface area contributed by atoms with Crippen molar-refractivity contribution in [3.05, 3.63) is 59.2 Å². The second-order valence-electron chi connectivity index (χ2n) is 8.19. The smallest absolute Gasteiger partial charge is 0.167 e. The number of rotatable bonds is 4. The molecule has 8 heteroatoms. The van der Waals surface area contributed by atoms with Crippen LogP contribution in [0.2, 0.25) is 0 Å². The number of pyridine rings is 2. The van der Waals surface area contributed by atoms with Gasteiger partial charge in [0.1, 0.15) is 6.07 Å². The summed E-state index contributed by atoms with van der Waals surface area (Å²) < 4.78 is 29.9. The summed E-state index contributed by atoms with van der Waals surface area (Å²) >= 11 is 0. The summed E-state index contributed by atoms with van der Waals surface area (Å²) in [6.07, 6.45) is 6.10. The molecule has 0 spiro atoms. The van der Waals surface area contributed by atoms with Crippen molar-refractivity contribution in [2.45, 2.75) is 25.8 Å². The van der Waals surface area contributed by atoms with Crippen molar-refractivity contribution in [3.63, 3.8) is 0 Å². The number of benzene rings is 1. The van der Waals surface area contributed by atoms with E-state index >= 15 is 4.39 Å². The molecule has 2 aromatic heterocycles. The van der Waals surface area contributed by atoms with Gasteiger partial charge in [0.25, 0.3) is 0 Å². The van der Waals surface area contributed by atoms with Crippen molar-refractivity contribution in [2.75, 3.05) is 29.9 Å². The minimum atomic E-state index is -0.893. The molecule has 6 nitrogen and oxygen atoms in total. The maximum Gasteiger partial charge on any atom is 0.167 e. The highest BCUT2D eigenvalue weighted by Gasteiger charge is 2.35. The highest BCUT2D eigenvalue weighted by Crippen LogP contribution is 2.50. The van der Waals surface area contributed by atoms with Gasteiger partial charge >= 0.3 is 0 Å². The molecule has 0 radical (unpaired) electrons. The van der Waals surface area contributed by atoms with E-state index in [1.807, 2.05) is 6.92 Å². The number of nitrogens with one attached hydrogen (secondary N) is 1. The number of hydrogen-bond acceptors (Lipinski definition) is 6. The van der Waals surface area contributed by atoms with E-state index in [0.717, 1.165) is 17.7 Å². The third kappa shape index (κ3) is 3.17. The second kappa shape index (κ2) is 7.84. The molecule has 0 unspecified atom stereocenters. The Morgan fingerprint density at radius 3 is 2.81 bits per heavy atom. The lowest BCUT2D eigenvalue weighted by Crippen LogP contribution is -2.27. The fourth-order valence-electron chi connectivity index (χ4n) is 4.74. The molecule has 1 saturated heterocycles. The van der Waals surface area contributed by atoms with Crippen LogP contribution in [0.25, 0.3) is 22.3 Å². The third-order valence-electron chi connectivity index (χ3n) is 6.14. The molecule has 3 N–H and O–H groups in total. The zero-order chi connectivity index (χ0) is 22.4. The molecule has 32 heavy (non-hydrogen) atoms. The van der Waals surface area contributed by atoms with Gasteiger partial charge in [-0.1, -0.05) is 0 Å². The van der Waals surface area contributed by atoms with Crippen LogP contribution in [0.4, 0.5) is 20.2 Å². The van der Waals surface area contributed by atoms with Crippen molar-refractivity contribution in [1.29, 1.82) is 5.26 Å². The average Bonchev–Trinajstić information content (AvgIpc) is 3.40. The summed E-state index contributed by atoms with van der Waals surface area (Å²) in [5, 5.41) is 12.5. The standard InChI is InChI=1S/C24H22F2N6/c1-2-30-19-7-18(25)23(26)21-16(19)6-20-22(21)24(32-4-3-15(28)12-32)17(11-31-20)14-5-13(8-27)9-29-10-14/h5,7,9-11,15,30H,2-4,6,12,28H2,1H3/t15-/m1/s1. The first-order valence-corrected chi connectivity index (χ1v) is 10.6. The molecule has 1 aromatic carbocycles. The summed E-state index contributed by atoms with van der Waals surface area (Å²) in [6, 6.07) is 5.05. The molecule has 0 bridgehead atoms. The van der Waals surface area contributed by atoms with Crippen LogP contribution in [0.15, 0.2) is 30.7 Å². The highest BCUT2D eigenvalue weighted by atomic mass is 19.2. The van der Waals surface area contributed by atoms with E-state index in [1.54, 1.807) is 18.5 Å². The van der Waals surface area contributed by atoms with Crippen LogP contribution in [-0.4, -0.2) is 35.6 Å². The lowest BCUT2D eigenvalue weighted by atomic mass is 9.97. The van der Waals surface area contributed by atoms with Gasteiger partial charge in [0.05, 0.1) is 16.9 Å². The maximum absolute atomic E-state index is 15.3. The molecule has 3 heterocycles. The molecule has 3 aromatic rings. The van der Waals surface area contributed by atoms with E-state index < -0.39 is 11.6 Å². The van der Waals surface area contributed by atoms with Crippen LogP contribution in [0.5, 0.6) is 0 Å². The number of nitriles is 1. The average molecular weight is 432 g/mol. The van der Waals surface area contributed by atoms with Crippen LogP contribution in [0, 0.1) is 23.0 Å². The monoisotopic (exact) mass is 432 g/mol. The topological polar surface area (TPSA) is 90.9 Å². The Hall–Kier alpha value is -3.57. The molecule has 1 aliphatic heterocycles. The van der Waals surface area contributed by atoms with Crippen molar-refractivity contribution in [1.82, 2.24) is 9.97 Å². The fraction of sp³-hybridized carbons (Fsp3) is 0.292. The molecule has 0 saturated carbocycles. The number of fused-ring (bicyclic) bond motifs is 3. The van der Waals surface area contributed by atoms with Gasteiger partial charge in [0.2, 0.25) is 0 Å². The van der Waals surface area contributed by atoms with Crippen LogP contribution in [-0.2, 0) is 6.42 Å². The third-order valence-corrected chi connectivity index (χ3v) is 6.14. The highest BCUT2D eigenvalue weighted by molar-refractivity contribution is 5.96. The van der Waals surface area contributed by atoms with Gasteiger partial charge in [-0.3, -0.25) is 9.97 Å². The first-order valence-electron chi connectivity index (χ1n) is 10.6. The Kier molecular flexibility index (Phi) is 4.98. The predicted molar refractivity (Wildman–Crippen MR) is 119 cm³/mol. The van der Waals surface area contributed by atoms with E-state index in [0.29, 0.717) is 59.7 Å². The number of anilines is 2. The summed E-state index contributed by atoms with van der Waals surface area (Å²) in [5.41, 5.74) is 11.7. The Balaban J connectivity index is 1.80. The van der Waals surface area contributed by atoms with Crippen LogP contribution in [0.3, 0.4) is 0 Å².